The molecule has 6 nitrogen and oxygen atoms in total. The molecule has 16 aromatic rings. The highest BCUT2D eigenvalue weighted by Gasteiger charge is 2.18. The molecule has 0 unspecified atom stereocenters. The molecule has 0 aliphatic heterocycles. The van der Waals surface area contributed by atoms with Gasteiger partial charge in [-0.05, 0) is 176 Å². The molecule has 0 atom stereocenters. The van der Waals surface area contributed by atoms with Crippen molar-refractivity contribution in [3.8, 4) is 67.7 Å². The van der Waals surface area contributed by atoms with Crippen molar-refractivity contribution in [2.45, 2.75) is 0 Å². The van der Waals surface area contributed by atoms with Crippen LogP contribution in [0.15, 0.2) is 264 Å². The molecule has 16 rings (SSSR count). The Morgan fingerprint density at radius 1 is 0.250 bits per heavy atom. The fourth-order valence-electron chi connectivity index (χ4n) is 11.6. The van der Waals surface area contributed by atoms with Crippen molar-refractivity contribution in [1.82, 2.24) is 19.1 Å². The number of nitrogens with zero attached hydrogens (tertiary/aromatic N) is 4. The lowest BCUT2D eigenvalue weighted by molar-refractivity contribution is 0.619. The number of fused-ring (bicyclic) bond motifs is 10. The largest absolute Gasteiger partial charge is 0.436 e. The van der Waals surface area contributed by atoms with Crippen LogP contribution in [0.2, 0.25) is 0 Å². The third kappa shape index (κ3) is 6.81. The van der Waals surface area contributed by atoms with Gasteiger partial charge in [-0.2, -0.15) is 0 Å². The minimum absolute atomic E-state index is 0.576. The van der Waals surface area contributed by atoms with E-state index < -0.39 is 0 Å². The van der Waals surface area contributed by atoms with E-state index in [9.17, 15) is 0 Å². The van der Waals surface area contributed by atoms with Crippen LogP contribution < -0.4 is 0 Å². The van der Waals surface area contributed by atoms with Gasteiger partial charge in [-0.15, -0.1) is 0 Å². The summed E-state index contributed by atoms with van der Waals surface area (Å²) in [7, 11) is 0. The maximum Gasteiger partial charge on any atom is 0.227 e. The first-order valence-electron chi connectivity index (χ1n) is 25.7. The van der Waals surface area contributed by atoms with Crippen LogP contribution in [0.5, 0.6) is 0 Å². The summed E-state index contributed by atoms with van der Waals surface area (Å²) in [5, 5.41) is 9.85. The van der Waals surface area contributed by atoms with Crippen molar-refractivity contribution in [3.05, 3.63) is 255 Å². The highest BCUT2D eigenvalue weighted by atomic mass is 16.4. The fourth-order valence-corrected chi connectivity index (χ4v) is 11.6. The summed E-state index contributed by atoms with van der Waals surface area (Å²) in [4.78, 5) is 9.85. The van der Waals surface area contributed by atoms with Gasteiger partial charge in [-0.1, -0.05) is 133 Å². The van der Waals surface area contributed by atoms with E-state index in [1.165, 1.54) is 65.3 Å². The monoisotopic (exact) mass is 970 g/mol. The van der Waals surface area contributed by atoms with E-state index in [1.54, 1.807) is 0 Å². The number of benzene rings is 12. The zero-order valence-electron chi connectivity index (χ0n) is 40.9. The van der Waals surface area contributed by atoms with Gasteiger partial charge in [0.15, 0.2) is 11.2 Å². The molecule has 354 valence electrons. The molecule has 6 heteroatoms. The van der Waals surface area contributed by atoms with Crippen LogP contribution in [0.1, 0.15) is 0 Å². The predicted octanol–water partition coefficient (Wildman–Crippen LogP) is 18.8. The zero-order chi connectivity index (χ0) is 49.8. The van der Waals surface area contributed by atoms with Crippen molar-refractivity contribution in [2.75, 3.05) is 0 Å². The van der Waals surface area contributed by atoms with E-state index in [1.807, 2.05) is 12.1 Å². The minimum Gasteiger partial charge on any atom is -0.436 e. The first-order chi connectivity index (χ1) is 37.6. The molecule has 0 bridgehead atoms. The van der Waals surface area contributed by atoms with Crippen molar-refractivity contribution in [3.63, 3.8) is 0 Å². The Morgan fingerprint density at radius 2 is 0.592 bits per heavy atom. The zero-order valence-corrected chi connectivity index (χ0v) is 40.9. The lowest BCUT2D eigenvalue weighted by atomic mass is 9.99. The second kappa shape index (κ2) is 16.6. The van der Waals surface area contributed by atoms with Gasteiger partial charge in [-0.3, -0.25) is 0 Å². The Hall–Kier alpha value is -10.3. The van der Waals surface area contributed by atoms with E-state index in [4.69, 9.17) is 18.8 Å². The first-order valence-corrected chi connectivity index (χ1v) is 25.7. The molecule has 4 aromatic heterocycles. The molecule has 0 N–H and O–H groups in total. The van der Waals surface area contributed by atoms with Gasteiger partial charge in [-0.25, -0.2) is 9.97 Å². The van der Waals surface area contributed by atoms with Gasteiger partial charge in [0, 0.05) is 44.0 Å². The molecule has 0 saturated heterocycles. The van der Waals surface area contributed by atoms with Crippen molar-refractivity contribution in [1.29, 1.82) is 0 Å². The summed E-state index contributed by atoms with van der Waals surface area (Å²) < 4.78 is 17.7. The van der Waals surface area contributed by atoms with Crippen LogP contribution in [-0.4, -0.2) is 19.1 Å². The molecule has 0 amide bonds. The van der Waals surface area contributed by atoms with E-state index in [-0.39, 0.29) is 0 Å². The topological polar surface area (TPSA) is 61.9 Å². The first kappa shape index (κ1) is 42.2. The summed E-state index contributed by atoms with van der Waals surface area (Å²) in [5.41, 5.74) is 18.4. The van der Waals surface area contributed by atoms with Gasteiger partial charge < -0.3 is 18.0 Å². The second-order valence-electron chi connectivity index (χ2n) is 19.8. The SMILES string of the molecule is c1ccc2cc(-c3ccc4c(c3)c3ccccc3n4-c3ccc(-c4nc5ccc(-c6ccc7nc(-c8ccc(-n9c%10ccccc%10c%10cc(-c%11ccc%12ccccc%12c%11)ccc%109)cc8)oc7c6)cc5o4)cc3)ccc2c1. The summed E-state index contributed by atoms with van der Waals surface area (Å²) in [6, 6.07) is 90.7. The van der Waals surface area contributed by atoms with Gasteiger partial charge in [0.05, 0.1) is 22.1 Å². The fraction of sp³-hybridized carbons (Fsp3) is 0. The van der Waals surface area contributed by atoms with Crippen LogP contribution in [0.4, 0.5) is 0 Å². The molecule has 4 heterocycles. The molecular weight excluding hydrogens is 929 g/mol. The van der Waals surface area contributed by atoms with Gasteiger partial charge >= 0.3 is 0 Å². The van der Waals surface area contributed by atoms with Crippen molar-refractivity contribution >= 4 is 87.4 Å². The highest BCUT2D eigenvalue weighted by molar-refractivity contribution is 6.12. The molecule has 0 spiro atoms. The van der Waals surface area contributed by atoms with Gasteiger partial charge in [0.2, 0.25) is 11.8 Å². The molecule has 0 radical (unpaired) electrons. The number of oxazole rings is 2. The van der Waals surface area contributed by atoms with Crippen molar-refractivity contribution < 1.29 is 8.83 Å². The number of hydrogen-bond donors (Lipinski definition) is 0. The number of para-hydroxylation sites is 2. The standard InChI is InChI=1S/C70H42N4O2/c1-3-11-47-37-49(19-17-43(47)9-1)51-27-35-65-59(39-51)57-13-5-7-15-63(57)73(65)55-29-21-45(22-30-55)69-71-61-33-25-53(41-67(61)75-69)54-26-34-62-68(42-54)76-70(72-62)46-23-31-56(32-24-46)74-64-16-8-6-14-58(64)60-40-52(28-36-66(60)74)50-20-18-44-10-2-4-12-48(44)38-50/h1-42H. The summed E-state index contributed by atoms with van der Waals surface area (Å²) in [6.45, 7) is 0. The number of hydrogen-bond acceptors (Lipinski definition) is 4. The van der Waals surface area contributed by atoms with Crippen LogP contribution in [0.3, 0.4) is 0 Å². The lowest BCUT2D eigenvalue weighted by Crippen LogP contribution is -1.93. The average Bonchev–Trinajstić information content (AvgIpc) is 4.33. The maximum atomic E-state index is 6.48. The average molecular weight is 971 g/mol. The Bertz CT molecular complexity index is 4680. The third-order valence-corrected chi connectivity index (χ3v) is 15.4. The Labute approximate surface area is 435 Å². The number of aromatic nitrogens is 4. The second-order valence-corrected chi connectivity index (χ2v) is 19.8. The van der Waals surface area contributed by atoms with Gasteiger partial charge in [0.1, 0.15) is 11.0 Å². The lowest BCUT2D eigenvalue weighted by Gasteiger charge is -2.09. The predicted molar refractivity (Wildman–Crippen MR) is 312 cm³/mol. The van der Waals surface area contributed by atoms with Crippen molar-refractivity contribution in [2.24, 2.45) is 0 Å². The van der Waals surface area contributed by atoms with E-state index in [0.717, 1.165) is 66.7 Å². The van der Waals surface area contributed by atoms with Crippen LogP contribution in [0, 0.1) is 0 Å². The molecular formula is C70H42N4O2. The minimum atomic E-state index is 0.576. The van der Waals surface area contributed by atoms with E-state index >= 15 is 0 Å². The maximum absolute atomic E-state index is 6.48. The molecule has 0 saturated carbocycles. The molecule has 0 aliphatic rings. The molecule has 0 aliphatic carbocycles. The van der Waals surface area contributed by atoms with Crippen LogP contribution >= 0.6 is 0 Å². The Morgan fingerprint density at radius 3 is 1.05 bits per heavy atom. The third-order valence-electron chi connectivity index (χ3n) is 15.4. The quantitative estimate of drug-likeness (QED) is 0.160. The van der Waals surface area contributed by atoms with Crippen LogP contribution in [0.25, 0.3) is 155 Å². The summed E-state index contributed by atoms with van der Waals surface area (Å²) >= 11 is 0. The van der Waals surface area contributed by atoms with Gasteiger partial charge in [0.25, 0.3) is 0 Å². The summed E-state index contributed by atoms with van der Waals surface area (Å²) in [6.07, 6.45) is 0. The normalized spacial score (nSPS) is 11.9. The molecule has 0 fully saturated rings. The Kier molecular flexibility index (Phi) is 9.23. The Balaban J connectivity index is 0.667. The van der Waals surface area contributed by atoms with E-state index in [2.05, 4.69) is 252 Å². The summed E-state index contributed by atoms with van der Waals surface area (Å²) in [5.74, 6) is 1.15. The van der Waals surface area contributed by atoms with E-state index in [0.29, 0.717) is 22.9 Å². The smallest absolute Gasteiger partial charge is 0.227 e. The number of rotatable bonds is 7. The molecule has 12 aromatic carbocycles. The molecule has 76 heavy (non-hydrogen) atoms. The van der Waals surface area contributed by atoms with Crippen LogP contribution in [-0.2, 0) is 0 Å². The highest BCUT2D eigenvalue weighted by Crippen LogP contribution is 2.39.